The highest BCUT2D eigenvalue weighted by atomic mass is 15.2. The van der Waals surface area contributed by atoms with Gasteiger partial charge < -0.3 is 0 Å². The van der Waals surface area contributed by atoms with Crippen molar-refractivity contribution < 1.29 is 0 Å². The molecule has 1 rings (SSSR count). The molecule has 0 saturated heterocycles. The zero-order valence-electron chi connectivity index (χ0n) is 10.0. The van der Waals surface area contributed by atoms with Gasteiger partial charge in [-0.15, -0.1) is 0 Å². The molecule has 0 aliphatic rings. The average molecular weight is 243 g/mol. The lowest BCUT2D eigenvalue weighted by Crippen LogP contribution is -1.87. The first-order valence-corrected chi connectivity index (χ1v) is 4.87. The lowest BCUT2D eigenvalue weighted by molar-refractivity contribution is 1.22. The van der Waals surface area contributed by atoms with Crippen molar-refractivity contribution in [3.05, 3.63) is 48.0 Å². The number of hydrogen-bond acceptors (Lipinski definition) is 3. The lowest BCUT2D eigenvalue weighted by Gasteiger charge is -2.14. The summed E-state index contributed by atoms with van der Waals surface area (Å²) >= 11 is 0. The van der Waals surface area contributed by atoms with Crippen LogP contribution in [0.25, 0.3) is 31.3 Å². The second-order valence-electron chi connectivity index (χ2n) is 3.49. The Bertz CT molecular complexity index is 529. The number of hydrogen-bond donors (Lipinski definition) is 0. The Morgan fingerprint density at radius 1 is 0.611 bits per heavy atom. The summed E-state index contributed by atoms with van der Waals surface area (Å²) in [4.78, 5) is 8.15. The number of rotatable bonds is 3. The van der Waals surface area contributed by atoms with Crippen LogP contribution in [0.4, 0.5) is 17.1 Å². The molecule has 90 valence electrons. The van der Waals surface area contributed by atoms with E-state index in [2.05, 4.69) is 30.1 Å². The van der Waals surface area contributed by atoms with Crippen LogP contribution < -0.4 is 0 Å². The van der Waals surface area contributed by atoms with Gasteiger partial charge in [-0.1, -0.05) is 15.3 Å². The third-order valence-corrected chi connectivity index (χ3v) is 2.57. The first-order chi connectivity index (χ1) is 8.58. The fraction of sp³-hybridized carbons (Fsp3) is 0.333. The van der Waals surface area contributed by atoms with Crippen molar-refractivity contribution in [2.45, 2.75) is 20.8 Å². The summed E-state index contributed by atoms with van der Waals surface area (Å²) in [6, 6.07) is 0. The van der Waals surface area contributed by atoms with Crippen molar-refractivity contribution in [3.63, 3.8) is 0 Å². The highest BCUT2D eigenvalue weighted by Crippen LogP contribution is 2.42. The maximum atomic E-state index is 8.53. The SMILES string of the molecule is Cc1c(N=[N+]=[N-])c(C)c(N=[N+]=[N-])c(C)c1N=[N+]=[N-]. The molecule has 0 saturated carbocycles. The number of benzene rings is 1. The standard InChI is InChI=1S/C9H9N9/c1-4-7(13-16-10)5(2)9(15-18-12)6(3)8(4)14-17-11/h1-3H3. The molecule has 0 aromatic heterocycles. The van der Waals surface area contributed by atoms with Crippen LogP contribution in [0.2, 0.25) is 0 Å². The Hall–Kier alpha value is -2.85. The monoisotopic (exact) mass is 243 g/mol. The molecule has 0 heterocycles. The summed E-state index contributed by atoms with van der Waals surface area (Å²) in [6.07, 6.45) is 0. The zero-order chi connectivity index (χ0) is 13.7. The molecule has 0 atom stereocenters. The summed E-state index contributed by atoms with van der Waals surface area (Å²) in [6.45, 7) is 5.02. The van der Waals surface area contributed by atoms with Crippen molar-refractivity contribution in [3.8, 4) is 0 Å². The van der Waals surface area contributed by atoms with Crippen LogP contribution in [0.1, 0.15) is 16.7 Å². The molecule has 9 nitrogen and oxygen atoms in total. The largest absolute Gasteiger partial charge is 0.0602 e. The molecular weight excluding hydrogens is 234 g/mol. The van der Waals surface area contributed by atoms with E-state index in [1.165, 1.54) is 0 Å². The molecule has 0 aliphatic heterocycles. The van der Waals surface area contributed by atoms with Gasteiger partial charge in [0.25, 0.3) is 0 Å². The van der Waals surface area contributed by atoms with Gasteiger partial charge in [-0.25, -0.2) is 0 Å². The Balaban J connectivity index is 3.91. The third-order valence-electron chi connectivity index (χ3n) is 2.57. The van der Waals surface area contributed by atoms with E-state index in [9.17, 15) is 0 Å². The number of nitrogens with zero attached hydrogens (tertiary/aromatic N) is 9. The van der Waals surface area contributed by atoms with Crippen LogP contribution in [0.3, 0.4) is 0 Å². The highest BCUT2D eigenvalue weighted by Gasteiger charge is 2.14. The predicted octanol–water partition coefficient (Wildman–Crippen LogP) is 5.44. The maximum Gasteiger partial charge on any atom is 0.0443 e. The van der Waals surface area contributed by atoms with Gasteiger partial charge in [0.2, 0.25) is 0 Å². The van der Waals surface area contributed by atoms with Crippen LogP contribution in [-0.2, 0) is 0 Å². The molecule has 18 heavy (non-hydrogen) atoms. The van der Waals surface area contributed by atoms with Gasteiger partial charge >= 0.3 is 0 Å². The van der Waals surface area contributed by atoms with Gasteiger partial charge in [-0.2, -0.15) is 0 Å². The molecule has 0 amide bonds. The molecule has 1 aromatic rings. The summed E-state index contributed by atoms with van der Waals surface area (Å²) < 4.78 is 0. The Labute approximate surface area is 102 Å². The van der Waals surface area contributed by atoms with E-state index >= 15 is 0 Å². The second kappa shape index (κ2) is 5.47. The first kappa shape index (κ1) is 13.2. The van der Waals surface area contributed by atoms with Crippen LogP contribution >= 0.6 is 0 Å². The van der Waals surface area contributed by atoms with E-state index in [0.717, 1.165) is 0 Å². The molecule has 0 aliphatic carbocycles. The van der Waals surface area contributed by atoms with Gasteiger partial charge in [-0.05, 0) is 54.1 Å². The third kappa shape index (κ3) is 2.14. The molecule has 0 radical (unpaired) electrons. The van der Waals surface area contributed by atoms with Gasteiger partial charge in [0.15, 0.2) is 0 Å². The van der Waals surface area contributed by atoms with Crippen molar-refractivity contribution in [1.29, 1.82) is 0 Å². The summed E-state index contributed by atoms with van der Waals surface area (Å²) in [5.41, 5.74) is 28.2. The molecule has 0 spiro atoms. The van der Waals surface area contributed by atoms with E-state index in [0.29, 0.717) is 33.8 Å². The van der Waals surface area contributed by atoms with E-state index in [4.69, 9.17) is 16.6 Å². The number of azide groups is 3. The molecule has 0 bridgehead atoms. The van der Waals surface area contributed by atoms with Crippen molar-refractivity contribution in [2.24, 2.45) is 15.3 Å². The van der Waals surface area contributed by atoms with E-state index in [-0.39, 0.29) is 0 Å². The van der Waals surface area contributed by atoms with Crippen molar-refractivity contribution in [1.82, 2.24) is 0 Å². The van der Waals surface area contributed by atoms with Gasteiger partial charge in [0.05, 0.1) is 0 Å². The minimum Gasteiger partial charge on any atom is -0.0602 e. The summed E-state index contributed by atoms with van der Waals surface area (Å²) in [7, 11) is 0. The quantitative estimate of drug-likeness (QED) is 0.378. The van der Waals surface area contributed by atoms with E-state index in [1.807, 2.05) is 0 Å². The molecule has 0 N–H and O–H groups in total. The Morgan fingerprint density at radius 2 is 0.833 bits per heavy atom. The topological polar surface area (TPSA) is 146 Å². The average Bonchev–Trinajstić information content (AvgIpc) is 2.35. The Morgan fingerprint density at radius 3 is 1.00 bits per heavy atom. The van der Waals surface area contributed by atoms with Crippen LogP contribution in [0.5, 0.6) is 0 Å². The zero-order valence-corrected chi connectivity index (χ0v) is 10.0. The highest BCUT2D eigenvalue weighted by molar-refractivity contribution is 5.77. The predicted molar refractivity (Wildman–Crippen MR) is 67.1 cm³/mol. The smallest absolute Gasteiger partial charge is 0.0443 e. The Kier molecular flexibility index (Phi) is 4.02. The van der Waals surface area contributed by atoms with Crippen molar-refractivity contribution >= 4 is 17.1 Å². The molecule has 0 unspecified atom stereocenters. The second-order valence-corrected chi connectivity index (χ2v) is 3.49. The lowest BCUT2D eigenvalue weighted by atomic mass is 10.00. The fourth-order valence-electron chi connectivity index (χ4n) is 1.76. The fourth-order valence-corrected chi connectivity index (χ4v) is 1.76. The van der Waals surface area contributed by atoms with Crippen LogP contribution in [0.15, 0.2) is 15.3 Å². The van der Waals surface area contributed by atoms with E-state index < -0.39 is 0 Å². The first-order valence-electron chi connectivity index (χ1n) is 4.87. The van der Waals surface area contributed by atoms with Crippen molar-refractivity contribution in [2.75, 3.05) is 0 Å². The van der Waals surface area contributed by atoms with Crippen LogP contribution in [0, 0.1) is 20.8 Å². The minimum absolute atomic E-state index is 0.313. The minimum atomic E-state index is 0.313. The van der Waals surface area contributed by atoms with Gasteiger partial charge in [-0.3, -0.25) is 0 Å². The normalized spacial score (nSPS) is 8.83. The molecular formula is C9H9N9. The van der Waals surface area contributed by atoms with Gasteiger partial charge in [0.1, 0.15) is 0 Å². The molecule has 9 heteroatoms. The summed E-state index contributed by atoms with van der Waals surface area (Å²) in [5.74, 6) is 0. The van der Waals surface area contributed by atoms with E-state index in [1.54, 1.807) is 20.8 Å². The van der Waals surface area contributed by atoms with Gasteiger partial charge in [0, 0.05) is 31.8 Å². The molecule has 0 fully saturated rings. The van der Waals surface area contributed by atoms with Crippen LogP contribution in [-0.4, -0.2) is 0 Å². The summed E-state index contributed by atoms with van der Waals surface area (Å²) in [5, 5.41) is 10.6. The molecule has 1 aromatic carbocycles. The maximum absolute atomic E-state index is 8.53.